The molecule has 5 nitrogen and oxygen atoms in total. The Balaban J connectivity index is 1.98. The Kier molecular flexibility index (Phi) is 5.49. The van der Waals surface area contributed by atoms with Gasteiger partial charge in [-0.05, 0) is 60.5 Å². The van der Waals surface area contributed by atoms with Crippen molar-refractivity contribution in [1.82, 2.24) is 0 Å². The molecule has 0 spiro atoms. The van der Waals surface area contributed by atoms with Crippen LogP contribution in [-0.2, 0) is 9.53 Å². The highest BCUT2D eigenvalue weighted by molar-refractivity contribution is 6.30. The number of methoxy groups -OCH3 is 1. The van der Waals surface area contributed by atoms with Crippen molar-refractivity contribution in [2.24, 2.45) is 5.10 Å². The van der Waals surface area contributed by atoms with Gasteiger partial charge in [0.25, 0.3) is 0 Å². The maximum Gasteiger partial charge on any atom is 0.334 e. The van der Waals surface area contributed by atoms with Crippen LogP contribution in [0.15, 0.2) is 64.1 Å². The highest BCUT2D eigenvalue weighted by atomic mass is 35.5. The van der Waals surface area contributed by atoms with Crippen LogP contribution in [0.25, 0.3) is 0 Å². The van der Waals surface area contributed by atoms with Crippen molar-refractivity contribution in [1.29, 1.82) is 0 Å². The van der Waals surface area contributed by atoms with Gasteiger partial charge in [-0.2, -0.15) is 5.10 Å². The molecule has 9 heteroatoms. The van der Waals surface area contributed by atoms with E-state index in [1.54, 1.807) is 37.3 Å². The Hall–Kier alpha value is -2.90. The number of hydrogen-bond donors (Lipinski definition) is 0. The van der Waals surface area contributed by atoms with Crippen LogP contribution >= 0.6 is 23.2 Å². The Labute approximate surface area is 186 Å². The van der Waals surface area contributed by atoms with Crippen LogP contribution in [-0.4, -0.2) is 24.3 Å². The molecule has 31 heavy (non-hydrogen) atoms. The van der Waals surface area contributed by atoms with Gasteiger partial charge in [0, 0.05) is 11.1 Å². The first-order valence-electron chi connectivity index (χ1n) is 9.19. The zero-order valence-electron chi connectivity index (χ0n) is 16.4. The van der Waals surface area contributed by atoms with Gasteiger partial charge in [0.1, 0.15) is 11.6 Å². The molecule has 0 N–H and O–H groups in total. The van der Waals surface area contributed by atoms with Crippen molar-refractivity contribution in [3.05, 3.63) is 87.8 Å². The molecule has 2 aromatic carbocycles. The van der Waals surface area contributed by atoms with Crippen LogP contribution in [0.1, 0.15) is 24.2 Å². The number of hydrazone groups is 1. The summed E-state index contributed by atoms with van der Waals surface area (Å²) in [7, 11) is 1.22. The third-order valence-electron chi connectivity index (χ3n) is 5.24. The first kappa shape index (κ1) is 21.3. The monoisotopic (exact) mass is 464 g/mol. The predicted molar refractivity (Wildman–Crippen MR) is 114 cm³/mol. The standard InChI is InChI=1S/C22H16Cl2F2N2O3/c1-22(21(29)30-2)19(17-9-10-18(24)31-17)20(12-3-5-13(23)6-4-12)27-28(22)16-8-7-14(25)11-15(16)26/h3-11,19H,1-2H3. The van der Waals surface area contributed by atoms with Crippen LogP contribution in [0.4, 0.5) is 14.5 Å². The number of esters is 1. The summed E-state index contributed by atoms with van der Waals surface area (Å²) in [5, 5.41) is 6.40. The predicted octanol–water partition coefficient (Wildman–Crippen LogP) is 5.80. The molecule has 0 fully saturated rings. The second-order valence-corrected chi connectivity index (χ2v) is 7.92. The lowest BCUT2D eigenvalue weighted by molar-refractivity contribution is -0.146. The molecule has 0 bridgehead atoms. The molecule has 3 aromatic rings. The summed E-state index contributed by atoms with van der Waals surface area (Å²) in [4.78, 5) is 13.1. The van der Waals surface area contributed by atoms with Gasteiger partial charge in [-0.3, -0.25) is 0 Å². The van der Waals surface area contributed by atoms with Crippen molar-refractivity contribution in [2.75, 3.05) is 12.1 Å². The van der Waals surface area contributed by atoms with E-state index in [1.807, 2.05) is 0 Å². The number of hydrogen-bond acceptors (Lipinski definition) is 5. The zero-order valence-corrected chi connectivity index (χ0v) is 17.9. The maximum atomic E-state index is 14.8. The van der Waals surface area contributed by atoms with E-state index in [0.717, 1.165) is 12.1 Å². The minimum atomic E-state index is -1.57. The lowest BCUT2D eigenvalue weighted by Crippen LogP contribution is -2.52. The van der Waals surface area contributed by atoms with Gasteiger partial charge in [-0.25, -0.2) is 18.6 Å². The van der Waals surface area contributed by atoms with Crippen molar-refractivity contribution in [2.45, 2.75) is 18.4 Å². The first-order chi connectivity index (χ1) is 14.8. The SMILES string of the molecule is COC(=O)C1(C)C(c2ccc(Cl)o2)C(c2ccc(Cl)cc2)=NN1c1ccc(F)cc1F. The Morgan fingerprint density at radius 1 is 1.13 bits per heavy atom. The molecule has 1 aliphatic rings. The van der Waals surface area contributed by atoms with Crippen LogP contribution in [0.5, 0.6) is 0 Å². The molecule has 0 aliphatic carbocycles. The number of rotatable bonds is 4. The van der Waals surface area contributed by atoms with Crippen LogP contribution in [0.3, 0.4) is 0 Å². The number of benzene rings is 2. The molecular weight excluding hydrogens is 449 g/mol. The fraction of sp³-hybridized carbons (Fsp3) is 0.182. The molecule has 0 saturated heterocycles. The summed E-state index contributed by atoms with van der Waals surface area (Å²) in [6.07, 6.45) is 0. The largest absolute Gasteiger partial charge is 0.467 e. The summed E-state index contributed by atoms with van der Waals surface area (Å²) >= 11 is 12.0. The van der Waals surface area contributed by atoms with Crippen molar-refractivity contribution >= 4 is 40.6 Å². The topological polar surface area (TPSA) is 55.0 Å². The molecule has 4 rings (SSSR count). The number of anilines is 1. The zero-order chi connectivity index (χ0) is 22.3. The maximum absolute atomic E-state index is 14.8. The molecule has 2 heterocycles. The minimum absolute atomic E-state index is 0.0964. The van der Waals surface area contributed by atoms with E-state index in [-0.39, 0.29) is 10.9 Å². The number of nitrogens with zero attached hydrogens (tertiary/aromatic N) is 2. The van der Waals surface area contributed by atoms with E-state index in [9.17, 15) is 13.6 Å². The van der Waals surface area contributed by atoms with E-state index in [2.05, 4.69) is 5.10 Å². The number of halogens is 4. The smallest absolute Gasteiger partial charge is 0.334 e. The average molecular weight is 465 g/mol. The van der Waals surface area contributed by atoms with Crippen LogP contribution < -0.4 is 5.01 Å². The van der Waals surface area contributed by atoms with E-state index >= 15 is 0 Å². The van der Waals surface area contributed by atoms with Crippen LogP contribution in [0.2, 0.25) is 10.2 Å². The van der Waals surface area contributed by atoms with Gasteiger partial charge in [0.2, 0.25) is 0 Å². The molecular formula is C22H16Cl2F2N2O3. The molecule has 0 saturated carbocycles. The van der Waals surface area contributed by atoms with Gasteiger partial charge in [0.05, 0.1) is 24.4 Å². The van der Waals surface area contributed by atoms with Crippen molar-refractivity contribution in [3.8, 4) is 0 Å². The van der Waals surface area contributed by atoms with Crippen molar-refractivity contribution in [3.63, 3.8) is 0 Å². The minimum Gasteiger partial charge on any atom is -0.467 e. The summed E-state index contributed by atoms with van der Waals surface area (Å²) in [6, 6.07) is 13.0. The molecule has 0 amide bonds. The quantitative estimate of drug-likeness (QED) is 0.457. The van der Waals surface area contributed by atoms with E-state index in [0.29, 0.717) is 22.1 Å². The van der Waals surface area contributed by atoms with Gasteiger partial charge in [0.15, 0.2) is 16.6 Å². The molecule has 2 unspecified atom stereocenters. The number of ether oxygens (including phenoxy) is 1. The molecule has 2 atom stereocenters. The van der Waals surface area contributed by atoms with Gasteiger partial charge in [-0.15, -0.1) is 0 Å². The van der Waals surface area contributed by atoms with E-state index in [1.165, 1.54) is 24.3 Å². The Bertz CT molecular complexity index is 1180. The fourth-order valence-corrected chi connectivity index (χ4v) is 4.04. The van der Waals surface area contributed by atoms with Gasteiger partial charge in [-0.1, -0.05) is 23.7 Å². The molecule has 160 valence electrons. The van der Waals surface area contributed by atoms with E-state index in [4.69, 9.17) is 32.4 Å². The van der Waals surface area contributed by atoms with E-state index < -0.39 is 29.1 Å². The summed E-state index contributed by atoms with van der Waals surface area (Å²) < 4.78 is 39.0. The first-order valence-corrected chi connectivity index (χ1v) is 9.94. The third-order valence-corrected chi connectivity index (χ3v) is 5.69. The molecule has 0 radical (unpaired) electrons. The number of carbonyl (C=O) groups excluding carboxylic acids is 1. The summed E-state index contributed by atoms with van der Waals surface area (Å²) in [5.74, 6) is -2.82. The normalized spacial score (nSPS) is 20.6. The number of furan rings is 1. The fourth-order valence-electron chi connectivity index (χ4n) is 3.77. The van der Waals surface area contributed by atoms with Gasteiger partial charge >= 0.3 is 5.97 Å². The van der Waals surface area contributed by atoms with Crippen LogP contribution in [0, 0.1) is 11.6 Å². The summed E-state index contributed by atoms with van der Waals surface area (Å²) in [5.41, 5.74) is -0.633. The second-order valence-electron chi connectivity index (χ2n) is 7.11. The Morgan fingerprint density at radius 2 is 1.84 bits per heavy atom. The third kappa shape index (κ3) is 3.58. The second kappa shape index (κ2) is 7.98. The molecule has 1 aliphatic heterocycles. The number of carbonyl (C=O) groups is 1. The lowest BCUT2D eigenvalue weighted by Gasteiger charge is -2.35. The van der Waals surface area contributed by atoms with Gasteiger partial charge < -0.3 is 9.15 Å². The Morgan fingerprint density at radius 3 is 2.42 bits per heavy atom. The highest BCUT2D eigenvalue weighted by Crippen LogP contribution is 2.46. The molecule has 1 aromatic heterocycles. The average Bonchev–Trinajstić information content (AvgIpc) is 3.29. The van der Waals surface area contributed by atoms with Crippen molar-refractivity contribution < 1.29 is 22.7 Å². The lowest BCUT2D eigenvalue weighted by atomic mass is 9.79. The summed E-state index contributed by atoms with van der Waals surface area (Å²) in [6.45, 7) is 1.55. The highest BCUT2D eigenvalue weighted by Gasteiger charge is 2.57.